The summed E-state index contributed by atoms with van der Waals surface area (Å²) in [6.07, 6.45) is 2.33. The number of thioether (sulfide) groups is 1. The molecule has 0 aliphatic carbocycles. The van der Waals surface area contributed by atoms with Crippen LogP contribution in [-0.4, -0.2) is 94.7 Å². The number of aromatic carboxylic acids is 1. The van der Waals surface area contributed by atoms with E-state index in [1.165, 1.54) is 12.3 Å². The molecule has 8 nitrogen and oxygen atoms in total. The largest absolute Gasteiger partial charge is 0.478 e. The van der Waals surface area contributed by atoms with Crippen LogP contribution in [-0.2, 0) is 4.79 Å². The molecular formula is C18H27Cl4N5O3S. The molecule has 31 heavy (non-hydrogen) atoms. The first-order valence-corrected chi connectivity index (χ1v) is 11.0. The lowest BCUT2D eigenvalue weighted by Gasteiger charge is -2.38. The number of anilines is 1. The zero-order valence-electron chi connectivity index (χ0n) is 16.7. The molecule has 3 aliphatic heterocycles. The number of amides is 1. The number of carbonyl (C=O) groups excluding carboxylic acids is 1. The van der Waals surface area contributed by atoms with Crippen LogP contribution in [0, 0.1) is 0 Å². The van der Waals surface area contributed by atoms with Crippen molar-refractivity contribution in [3.63, 3.8) is 0 Å². The molecule has 1 amide bonds. The molecule has 0 bridgehead atoms. The van der Waals surface area contributed by atoms with Gasteiger partial charge in [0.05, 0.1) is 22.5 Å². The fraction of sp³-hybridized carbons (Fsp3) is 0.611. The van der Waals surface area contributed by atoms with E-state index >= 15 is 0 Å². The van der Waals surface area contributed by atoms with Gasteiger partial charge >= 0.3 is 5.97 Å². The Balaban J connectivity index is 0.00000160. The summed E-state index contributed by atoms with van der Waals surface area (Å²) < 4.78 is 0. The molecule has 0 aromatic carbocycles. The monoisotopic (exact) mass is 533 g/mol. The molecule has 2 atom stereocenters. The van der Waals surface area contributed by atoms with Crippen molar-refractivity contribution in [1.29, 1.82) is 0 Å². The number of carbonyl (C=O) groups is 2. The SMILES string of the molecule is Cl.Cl.Cl.O=C(O)c1ccnc(N2CCN([C@@H]3CN[C@H](C(=O)N4CCSC4)C3)CC2)c1Cl. The van der Waals surface area contributed by atoms with Crippen LogP contribution in [0.25, 0.3) is 0 Å². The average Bonchev–Trinajstić information content (AvgIpc) is 3.40. The van der Waals surface area contributed by atoms with Crippen molar-refractivity contribution in [3.8, 4) is 0 Å². The number of halogens is 4. The number of rotatable bonds is 4. The second-order valence-electron chi connectivity index (χ2n) is 7.31. The van der Waals surface area contributed by atoms with Gasteiger partial charge in [-0.15, -0.1) is 49.0 Å². The number of pyridine rings is 1. The van der Waals surface area contributed by atoms with Gasteiger partial charge < -0.3 is 20.2 Å². The third kappa shape index (κ3) is 6.22. The van der Waals surface area contributed by atoms with E-state index in [1.807, 2.05) is 21.6 Å². The summed E-state index contributed by atoms with van der Waals surface area (Å²) in [4.78, 5) is 34.6. The number of hydrogen-bond donors (Lipinski definition) is 2. The Bertz CT molecular complexity index is 764. The summed E-state index contributed by atoms with van der Waals surface area (Å²) in [6, 6.07) is 1.69. The fourth-order valence-corrected chi connectivity index (χ4v) is 5.38. The minimum absolute atomic E-state index is 0. The van der Waals surface area contributed by atoms with E-state index in [9.17, 15) is 14.7 Å². The molecule has 0 unspecified atom stereocenters. The Morgan fingerprint density at radius 3 is 2.48 bits per heavy atom. The molecule has 4 heterocycles. The molecule has 3 fully saturated rings. The Hall–Kier alpha value is -0.680. The van der Waals surface area contributed by atoms with Crippen LogP contribution in [0.3, 0.4) is 0 Å². The predicted octanol–water partition coefficient (Wildman–Crippen LogP) is 2.08. The van der Waals surface area contributed by atoms with Crippen molar-refractivity contribution in [1.82, 2.24) is 20.1 Å². The van der Waals surface area contributed by atoms with Crippen LogP contribution in [0.4, 0.5) is 5.82 Å². The van der Waals surface area contributed by atoms with E-state index in [-0.39, 0.29) is 59.8 Å². The lowest BCUT2D eigenvalue weighted by molar-refractivity contribution is -0.131. The number of nitrogens with zero attached hydrogens (tertiary/aromatic N) is 4. The van der Waals surface area contributed by atoms with Crippen LogP contribution in [0.2, 0.25) is 5.02 Å². The molecule has 0 radical (unpaired) electrons. The Kier molecular flexibility index (Phi) is 11.5. The molecule has 3 saturated heterocycles. The maximum atomic E-state index is 12.6. The lowest BCUT2D eigenvalue weighted by atomic mass is 10.1. The van der Waals surface area contributed by atoms with E-state index in [2.05, 4.69) is 15.2 Å². The van der Waals surface area contributed by atoms with Crippen LogP contribution >= 0.6 is 60.6 Å². The lowest BCUT2D eigenvalue weighted by Crippen LogP contribution is -2.51. The van der Waals surface area contributed by atoms with Crippen LogP contribution in [0.5, 0.6) is 0 Å². The van der Waals surface area contributed by atoms with E-state index < -0.39 is 5.97 Å². The number of carboxylic acid groups (broad SMARTS) is 1. The highest BCUT2D eigenvalue weighted by Gasteiger charge is 2.37. The molecule has 176 valence electrons. The van der Waals surface area contributed by atoms with Crippen molar-refractivity contribution in [2.75, 3.05) is 55.8 Å². The van der Waals surface area contributed by atoms with Crippen molar-refractivity contribution < 1.29 is 14.7 Å². The minimum Gasteiger partial charge on any atom is -0.478 e. The highest BCUT2D eigenvalue weighted by atomic mass is 35.5. The van der Waals surface area contributed by atoms with Gasteiger partial charge in [0, 0.05) is 57.3 Å². The van der Waals surface area contributed by atoms with Crippen molar-refractivity contribution in [2.45, 2.75) is 18.5 Å². The molecule has 4 rings (SSSR count). The zero-order valence-corrected chi connectivity index (χ0v) is 20.8. The first-order valence-electron chi connectivity index (χ1n) is 9.51. The van der Waals surface area contributed by atoms with Gasteiger partial charge in [0.15, 0.2) is 0 Å². The van der Waals surface area contributed by atoms with Gasteiger partial charge in [-0.05, 0) is 12.5 Å². The summed E-state index contributed by atoms with van der Waals surface area (Å²) in [5.74, 6) is 1.56. The normalized spacial score (nSPS) is 23.5. The molecule has 13 heteroatoms. The van der Waals surface area contributed by atoms with E-state index in [0.717, 1.165) is 57.3 Å². The Morgan fingerprint density at radius 2 is 1.87 bits per heavy atom. The fourth-order valence-electron chi connectivity index (χ4n) is 4.11. The molecule has 0 spiro atoms. The highest BCUT2D eigenvalue weighted by molar-refractivity contribution is 7.99. The number of piperazine rings is 1. The van der Waals surface area contributed by atoms with Crippen LogP contribution < -0.4 is 10.2 Å². The topological polar surface area (TPSA) is 89.0 Å². The van der Waals surface area contributed by atoms with E-state index in [4.69, 9.17) is 11.6 Å². The standard InChI is InChI=1S/C18H24ClN5O3S.3ClH/c19-15-13(18(26)27)1-2-20-16(15)23-5-3-22(4-6-23)12-9-14(21-10-12)17(25)24-7-8-28-11-24;;;/h1-2,12,14,21H,3-11H2,(H,26,27);3*1H/t12-,14-;;;/m0.../s1. The number of carboxylic acids is 1. The smallest absolute Gasteiger partial charge is 0.337 e. The average molecular weight is 535 g/mol. The van der Waals surface area contributed by atoms with E-state index in [1.54, 1.807) is 0 Å². The summed E-state index contributed by atoms with van der Waals surface area (Å²) in [5, 5.41) is 12.8. The number of hydrogen-bond acceptors (Lipinski definition) is 7. The molecular weight excluding hydrogens is 508 g/mol. The predicted molar refractivity (Wildman–Crippen MR) is 131 cm³/mol. The highest BCUT2D eigenvalue weighted by Crippen LogP contribution is 2.28. The van der Waals surface area contributed by atoms with E-state index in [0.29, 0.717) is 11.9 Å². The number of aromatic nitrogens is 1. The van der Waals surface area contributed by atoms with Gasteiger partial charge in [-0.2, -0.15) is 0 Å². The summed E-state index contributed by atoms with van der Waals surface area (Å²) in [7, 11) is 0. The summed E-state index contributed by atoms with van der Waals surface area (Å²) in [5.41, 5.74) is 0.0792. The second kappa shape index (κ2) is 12.5. The zero-order chi connectivity index (χ0) is 19.7. The van der Waals surface area contributed by atoms with Gasteiger partial charge in [0.2, 0.25) is 5.91 Å². The Labute approximate surface area is 209 Å². The first kappa shape index (κ1) is 28.4. The molecule has 1 aromatic rings. The Morgan fingerprint density at radius 1 is 1.16 bits per heavy atom. The van der Waals surface area contributed by atoms with Crippen molar-refractivity contribution in [2.24, 2.45) is 0 Å². The number of nitrogens with one attached hydrogen (secondary N) is 1. The van der Waals surface area contributed by atoms with Gasteiger partial charge in [-0.1, -0.05) is 11.6 Å². The van der Waals surface area contributed by atoms with Gasteiger partial charge in [0.25, 0.3) is 0 Å². The molecule has 3 aliphatic rings. The van der Waals surface area contributed by atoms with Gasteiger partial charge in [-0.3, -0.25) is 9.69 Å². The third-order valence-corrected chi connectivity index (χ3v) is 7.04. The third-order valence-electron chi connectivity index (χ3n) is 5.70. The quantitative estimate of drug-likeness (QED) is 0.607. The van der Waals surface area contributed by atoms with Crippen LogP contribution in [0.15, 0.2) is 12.3 Å². The second-order valence-corrected chi connectivity index (χ2v) is 8.77. The summed E-state index contributed by atoms with van der Waals surface area (Å²) >= 11 is 8.07. The first-order chi connectivity index (χ1) is 13.5. The summed E-state index contributed by atoms with van der Waals surface area (Å²) in [6.45, 7) is 4.81. The van der Waals surface area contributed by atoms with Crippen LogP contribution in [0.1, 0.15) is 16.8 Å². The maximum absolute atomic E-state index is 12.6. The molecule has 0 saturated carbocycles. The molecule has 1 aromatic heterocycles. The molecule has 2 N–H and O–H groups in total. The van der Waals surface area contributed by atoms with Gasteiger partial charge in [-0.25, -0.2) is 9.78 Å². The van der Waals surface area contributed by atoms with Crippen molar-refractivity contribution >= 4 is 78.3 Å². The van der Waals surface area contributed by atoms with Crippen molar-refractivity contribution in [3.05, 3.63) is 22.8 Å². The minimum atomic E-state index is -1.04. The maximum Gasteiger partial charge on any atom is 0.337 e. The van der Waals surface area contributed by atoms with Gasteiger partial charge in [0.1, 0.15) is 5.82 Å².